The summed E-state index contributed by atoms with van der Waals surface area (Å²) in [5, 5.41) is 1.86. The van der Waals surface area contributed by atoms with E-state index in [0.29, 0.717) is 13.2 Å². The molecular formula is C26H38O4. The molecular weight excluding hydrogens is 376 g/mol. The number of rotatable bonds is 16. The van der Waals surface area contributed by atoms with E-state index in [4.69, 9.17) is 18.3 Å². The van der Waals surface area contributed by atoms with Crippen LogP contribution in [0.2, 0.25) is 0 Å². The van der Waals surface area contributed by atoms with Crippen LogP contribution in [0.1, 0.15) is 90.9 Å². The maximum Gasteiger partial charge on any atom is 0.180 e. The van der Waals surface area contributed by atoms with E-state index in [-0.39, 0.29) is 0 Å². The van der Waals surface area contributed by atoms with Crippen LogP contribution in [-0.4, -0.2) is 13.2 Å². The zero-order chi connectivity index (χ0) is 21.0. The van der Waals surface area contributed by atoms with Crippen LogP contribution in [0.15, 0.2) is 33.5 Å². The van der Waals surface area contributed by atoms with Crippen LogP contribution in [-0.2, 0) is 0 Å². The van der Waals surface area contributed by atoms with Gasteiger partial charge in [-0.15, -0.1) is 0 Å². The summed E-state index contributed by atoms with van der Waals surface area (Å²) in [5.41, 5.74) is 1.51. The van der Waals surface area contributed by atoms with E-state index in [1.807, 2.05) is 12.1 Å². The molecule has 0 amide bonds. The van der Waals surface area contributed by atoms with E-state index in [1.54, 1.807) is 12.5 Å². The van der Waals surface area contributed by atoms with Gasteiger partial charge in [0, 0.05) is 0 Å². The number of ether oxygens (including phenoxy) is 2. The van der Waals surface area contributed by atoms with Crippen LogP contribution in [0.5, 0.6) is 11.5 Å². The second kappa shape index (κ2) is 12.6. The fraction of sp³-hybridized carbons (Fsp3) is 0.615. The highest BCUT2D eigenvalue weighted by Crippen LogP contribution is 2.44. The van der Waals surface area contributed by atoms with Crippen molar-refractivity contribution in [2.75, 3.05) is 13.2 Å². The average Bonchev–Trinajstić information content (AvgIpc) is 3.43. The molecule has 0 saturated heterocycles. The fourth-order valence-corrected chi connectivity index (χ4v) is 3.97. The molecule has 2 aromatic heterocycles. The Kier molecular flexibility index (Phi) is 9.46. The highest BCUT2D eigenvalue weighted by Gasteiger charge is 2.21. The van der Waals surface area contributed by atoms with E-state index in [2.05, 4.69) is 13.8 Å². The fourth-order valence-electron chi connectivity index (χ4n) is 3.97. The van der Waals surface area contributed by atoms with Gasteiger partial charge in [-0.3, -0.25) is 0 Å². The summed E-state index contributed by atoms with van der Waals surface area (Å²) in [7, 11) is 0. The lowest BCUT2D eigenvalue weighted by atomic mass is 10.1. The molecule has 30 heavy (non-hydrogen) atoms. The first kappa shape index (κ1) is 22.6. The normalized spacial score (nSPS) is 11.5. The molecule has 1 aromatic carbocycles. The van der Waals surface area contributed by atoms with E-state index in [1.165, 1.54) is 64.2 Å². The quantitative estimate of drug-likeness (QED) is 0.220. The molecule has 0 spiro atoms. The average molecular weight is 415 g/mol. The van der Waals surface area contributed by atoms with Crippen molar-refractivity contribution < 1.29 is 18.3 Å². The van der Waals surface area contributed by atoms with Gasteiger partial charge < -0.3 is 18.3 Å². The molecule has 3 aromatic rings. The SMILES string of the molecule is CCCCCCCCOc1c2ccoc2c(OCCCCCCCC)c2ccoc12. The zero-order valence-corrected chi connectivity index (χ0v) is 18.8. The molecule has 0 aliphatic carbocycles. The molecule has 0 aliphatic rings. The van der Waals surface area contributed by atoms with Gasteiger partial charge in [-0.05, 0) is 25.0 Å². The lowest BCUT2D eigenvalue weighted by molar-refractivity contribution is 0.301. The third-order valence-electron chi connectivity index (χ3n) is 5.72. The zero-order valence-electron chi connectivity index (χ0n) is 18.8. The highest BCUT2D eigenvalue weighted by atomic mass is 16.5. The van der Waals surface area contributed by atoms with Crippen molar-refractivity contribution in [3.63, 3.8) is 0 Å². The Bertz CT molecular complexity index is 742. The number of unbranched alkanes of at least 4 members (excludes halogenated alkanes) is 10. The highest BCUT2D eigenvalue weighted by molar-refractivity contribution is 6.06. The first-order valence-corrected chi connectivity index (χ1v) is 12.0. The van der Waals surface area contributed by atoms with Crippen LogP contribution in [0.4, 0.5) is 0 Å². The molecule has 0 saturated carbocycles. The van der Waals surface area contributed by atoms with E-state index in [0.717, 1.165) is 46.3 Å². The first-order chi connectivity index (χ1) is 14.9. The Morgan fingerprint density at radius 3 is 1.40 bits per heavy atom. The minimum atomic E-state index is 0.695. The number of hydrogen-bond acceptors (Lipinski definition) is 4. The Balaban J connectivity index is 1.61. The molecule has 166 valence electrons. The van der Waals surface area contributed by atoms with Crippen molar-refractivity contribution in [3.05, 3.63) is 24.7 Å². The molecule has 0 N–H and O–H groups in total. The van der Waals surface area contributed by atoms with Gasteiger partial charge in [0.25, 0.3) is 0 Å². The molecule has 0 unspecified atom stereocenters. The summed E-state index contributed by atoms with van der Waals surface area (Å²) < 4.78 is 24.0. The van der Waals surface area contributed by atoms with Crippen LogP contribution in [0.3, 0.4) is 0 Å². The Labute approximate surface area is 180 Å². The summed E-state index contributed by atoms with van der Waals surface area (Å²) in [4.78, 5) is 0. The molecule has 4 nitrogen and oxygen atoms in total. The molecule has 0 bridgehead atoms. The Morgan fingerprint density at radius 1 is 0.567 bits per heavy atom. The van der Waals surface area contributed by atoms with Crippen molar-refractivity contribution in [2.24, 2.45) is 0 Å². The predicted molar refractivity (Wildman–Crippen MR) is 124 cm³/mol. The first-order valence-electron chi connectivity index (χ1n) is 12.0. The minimum absolute atomic E-state index is 0.695. The maximum atomic E-state index is 6.18. The minimum Gasteiger partial charge on any atom is -0.489 e. The number of hydrogen-bond donors (Lipinski definition) is 0. The van der Waals surface area contributed by atoms with Crippen molar-refractivity contribution in [1.29, 1.82) is 0 Å². The van der Waals surface area contributed by atoms with E-state index in [9.17, 15) is 0 Å². The van der Waals surface area contributed by atoms with Crippen molar-refractivity contribution in [2.45, 2.75) is 90.9 Å². The summed E-state index contributed by atoms with van der Waals surface area (Å²) in [5.74, 6) is 1.55. The Morgan fingerprint density at radius 2 is 0.967 bits per heavy atom. The predicted octanol–water partition coefficient (Wildman–Crippen LogP) is 8.66. The van der Waals surface area contributed by atoms with Gasteiger partial charge in [-0.25, -0.2) is 0 Å². The number of benzene rings is 1. The summed E-state index contributed by atoms with van der Waals surface area (Å²) in [6, 6.07) is 3.90. The Hall–Kier alpha value is -2.10. The smallest absolute Gasteiger partial charge is 0.180 e. The van der Waals surface area contributed by atoms with Crippen molar-refractivity contribution in [3.8, 4) is 11.5 Å². The van der Waals surface area contributed by atoms with Crippen LogP contribution in [0.25, 0.3) is 21.9 Å². The van der Waals surface area contributed by atoms with E-state index >= 15 is 0 Å². The lowest BCUT2D eigenvalue weighted by Gasteiger charge is -2.12. The molecule has 0 atom stereocenters. The van der Waals surface area contributed by atoms with Gasteiger partial charge in [0.1, 0.15) is 0 Å². The summed E-state index contributed by atoms with van der Waals surface area (Å²) >= 11 is 0. The molecule has 0 aliphatic heterocycles. The van der Waals surface area contributed by atoms with Gasteiger partial charge in [-0.1, -0.05) is 78.1 Å². The molecule has 0 radical (unpaired) electrons. The molecule has 4 heteroatoms. The van der Waals surface area contributed by atoms with Crippen molar-refractivity contribution in [1.82, 2.24) is 0 Å². The van der Waals surface area contributed by atoms with Crippen LogP contribution < -0.4 is 9.47 Å². The van der Waals surface area contributed by atoms with Crippen LogP contribution >= 0.6 is 0 Å². The number of furan rings is 2. The number of fused-ring (bicyclic) bond motifs is 2. The lowest BCUT2D eigenvalue weighted by Crippen LogP contribution is -2.01. The maximum absolute atomic E-state index is 6.18. The van der Waals surface area contributed by atoms with Gasteiger partial charge in [0.2, 0.25) is 0 Å². The van der Waals surface area contributed by atoms with Crippen molar-refractivity contribution >= 4 is 21.9 Å². The van der Waals surface area contributed by atoms with Gasteiger partial charge in [-0.2, -0.15) is 0 Å². The molecule has 0 fully saturated rings. The monoisotopic (exact) mass is 414 g/mol. The van der Waals surface area contributed by atoms with Crippen LogP contribution in [0, 0.1) is 0 Å². The third-order valence-corrected chi connectivity index (χ3v) is 5.72. The van der Waals surface area contributed by atoms with Gasteiger partial charge in [0.15, 0.2) is 22.7 Å². The molecule has 2 heterocycles. The van der Waals surface area contributed by atoms with Gasteiger partial charge >= 0.3 is 0 Å². The third kappa shape index (κ3) is 5.96. The summed E-state index contributed by atoms with van der Waals surface area (Å²) in [6.45, 7) is 5.88. The second-order valence-corrected chi connectivity index (χ2v) is 8.22. The van der Waals surface area contributed by atoms with Gasteiger partial charge in [0.05, 0.1) is 36.5 Å². The molecule has 3 rings (SSSR count). The standard InChI is InChI=1S/C26H38O4/c1-3-5-7-9-11-13-17-27-23-21-15-19-30-26(21)24(22-16-20-29-25(22)23)28-18-14-12-10-8-6-4-2/h15-16,19-20H,3-14,17-18H2,1-2H3. The topological polar surface area (TPSA) is 44.7 Å². The second-order valence-electron chi connectivity index (χ2n) is 8.22. The van der Waals surface area contributed by atoms with E-state index < -0.39 is 0 Å². The summed E-state index contributed by atoms with van der Waals surface area (Å²) in [6.07, 6.45) is 18.3. The largest absolute Gasteiger partial charge is 0.489 e.